The van der Waals surface area contributed by atoms with Crippen molar-refractivity contribution >= 4 is 49.3 Å². The molecule has 0 saturated heterocycles. The molecule has 0 amide bonds. The Morgan fingerprint density at radius 2 is 0.878 bits per heavy atom. The second-order valence-electron chi connectivity index (χ2n) is 9.75. The van der Waals surface area contributed by atoms with Gasteiger partial charge >= 0.3 is 0 Å². The Morgan fingerprint density at radius 3 is 1.46 bits per heavy atom. The van der Waals surface area contributed by atoms with Gasteiger partial charge in [0.25, 0.3) is 0 Å². The molecule has 2 N–H and O–H groups in total. The van der Waals surface area contributed by atoms with Gasteiger partial charge in [-0.15, -0.1) is 0 Å². The highest BCUT2D eigenvalue weighted by atomic mass is 14.7. The number of rotatable bonds is 2. The van der Waals surface area contributed by atoms with Gasteiger partial charge in [-0.25, -0.2) is 0 Å². The zero-order valence-corrected chi connectivity index (χ0v) is 22.1. The van der Waals surface area contributed by atoms with E-state index in [1.807, 2.05) is 54.9 Å². The van der Waals surface area contributed by atoms with Crippen molar-refractivity contribution in [2.75, 3.05) is 5.73 Å². The fraction of sp³-hybridized carbons (Fsp3) is 0. The molecule has 5 heteroatoms. The van der Waals surface area contributed by atoms with E-state index in [-0.39, 0.29) is 0 Å². The third kappa shape index (κ3) is 4.49. The molecule has 0 aliphatic rings. The Hall–Kier alpha value is -5.68. The number of benzene rings is 4. The van der Waals surface area contributed by atoms with Gasteiger partial charge in [-0.05, 0) is 58.7 Å². The van der Waals surface area contributed by atoms with Crippen molar-refractivity contribution in [3.63, 3.8) is 0 Å². The topological polar surface area (TPSA) is 77.6 Å². The second-order valence-corrected chi connectivity index (χ2v) is 9.75. The Bertz CT molecular complexity index is 2060. The lowest BCUT2D eigenvalue weighted by Gasteiger charge is -2.11. The van der Waals surface area contributed by atoms with Crippen molar-refractivity contribution < 1.29 is 0 Å². The van der Waals surface area contributed by atoms with Gasteiger partial charge in [0.2, 0.25) is 0 Å². The van der Waals surface area contributed by atoms with Gasteiger partial charge in [0.1, 0.15) is 0 Å². The number of nitrogens with zero attached hydrogens (tertiary/aromatic N) is 4. The summed E-state index contributed by atoms with van der Waals surface area (Å²) in [7, 11) is 0. The molecule has 5 nitrogen and oxygen atoms in total. The summed E-state index contributed by atoms with van der Waals surface area (Å²) >= 11 is 0. The molecule has 0 bridgehead atoms. The standard InChI is InChI=1S/C24H16N2.C12H9N3/c1-3-7-17(8-4-1)19-13-15-25-23-21(19)11-12-22-20(14-16-26-24(22)23)18-9-5-2-6-10-18;13-10-7-8-3-1-5-14-11(8)12-9(10)4-2-6-15-12/h1-16H;1-7H,13H2. The highest BCUT2D eigenvalue weighted by molar-refractivity contribution is 6.11. The Morgan fingerprint density at radius 1 is 0.390 bits per heavy atom. The van der Waals surface area contributed by atoms with Crippen LogP contribution in [-0.2, 0) is 0 Å². The maximum Gasteiger partial charge on any atom is 0.0985 e. The van der Waals surface area contributed by atoms with E-state index in [1.165, 1.54) is 22.3 Å². The number of fused-ring (bicyclic) bond motifs is 6. The van der Waals surface area contributed by atoms with Crippen LogP contribution >= 0.6 is 0 Å². The molecule has 0 fully saturated rings. The zero-order valence-electron chi connectivity index (χ0n) is 22.1. The van der Waals surface area contributed by atoms with Crippen LogP contribution in [0.25, 0.3) is 65.9 Å². The second kappa shape index (κ2) is 10.5. The number of hydrogen-bond acceptors (Lipinski definition) is 5. The van der Waals surface area contributed by atoms with Crippen LogP contribution in [0.15, 0.2) is 140 Å². The van der Waals surface area contributed by atoms with Gasteiger partial charge in [0.15, 0.2) is 0 Å². The summed E-state index contributed by atoms with van der Waals surface area (Å²) < 4.78 is 0. The number of pyridine rings is 4. The summed E-state index contributed by atoms with van der Waals surface area (Å²) in [6.07, 6.45) is 7.28. The quantitative estimate of drug-likeness (QED) is 0.180. The minimum absolute atomic E-state index is 0.749. The third-order valence-corrected chi connectivity index (χ3v) is 7.28. The van der Waals surface area contributed by atoms with Crippen LogP contribution < -0.4 is 5.73 Å². The first kappa shape index (κ1) is 24.4. The van der Waals surface area contributed by atoms with Gasteiger partial charge in [0.05, 0.1) is 22.1 Å². The van der Waals surface area contributed by atoms with Crippen LogP contribution in [0.3, 0.4) is 0 Å². The molecular weight excluding hydrogens is 502 g/mol. The highest BCUT2D eigenvalue weighted by Crippen LogP contribution is 2.34. The fourth-order valence-electron chi connectivity index (χ4n) is 5.37. The van der Waals surface area contributed by atoms with E-state index in [1.54, 1.807) is 12.4 Å². The lowest BCUT2D eigenvalue weighted by Crippen LogP contribution is -1.91. The number of nitrogen functional groups attached to an aromatic ring is 1. The molecule has 4 aromatic heterocycles. The highest BCUT2D eigenvalue weighted by Gasteiger charge is 2.11. The summed E-state index contributed by atoms with van der Waals surface area (Å²) in [5.41, 5.74) is 15.1. The maximum atomic E-state index is 5.95. The molecule has 4 aromatic carbocycles. The van der Waals surface area contributed by atoms with E-state index >= 15 is 0 Å². The largest absolute Gasteiger partial charge is 0.398 e. The average molecular weight is 528 g/mol. The van der Waals surface area contributed by atoms with Crippen LogP contribution in [0.1, 0.15) is 0 Å². The zero-order chi connectivity index (χ0) is 27.6. The Labute approximate surface area is 237 Å². The van der Waals surface area contributed by atoms with Crippen LogP contribution in [0.5, 0.6) is 0 Å². The van der Waals surface area contributed by atoms with Gasteiger partial charge in [-0.3, -0.25) is 19.9 Å². The minimum Gasteiger partial charge on any atom is -0.398 e. The van der Waals surface area contributed by atoms with E-state index in [9.17, 15) is 0 Å². The lowest BCUT2D eigenvalue weighted by atomic mass is 9.97. The molecule has 0 radical (unpaired) electrons. The van der Waals surface area contributed by atoms with Crippen molar-refractivity contribution in [1.29, 1.82) is 0 Å². The Balaban J connectivity index is 0.000000156. The molecule has 8 rings (SSSR count). The van der Waals surface area contributed by atoms with Crippen LogP contribution in [-0.4, -0.2) is 19.9 Å². The van der Waals surface area contributed by atoms with Gasteiger partial charge in [-0.2, -0.15) is 0 Å². The Kier molecular flexibility index (Phi) is 6.22. The van der Waals surface area contributed by atoms with Crippen molar-refractivity contribution in [2.45, 2.75) is 0 Å². The maximum absolute atomic E-state index is 5.95. The molecule has 0 saturated carbocycles. The summed E-state index contributed by atoms with van der Waals surface area (Å²) in [5.74, 6) is 0. The van der Waals surface area contributed by atoms with E-state index in [0.29, 0.717) is 0 Å². The van der Waals surface area contributed by atoms with E-state index in [2.05, 4.69) is 92.7 Å². The van der Waals surface area contributed by atoms with E-state index < -0.39 is 0 Å². The number of anilines is 1. The van der Waals surface area contributed by atoms with Gasteiger partial charge in [-0.1, -0.05) is 78.9 Å². The normalized spacial score (nSPS) is 11.0. The van der Waals surface area contributed by atoms with Crippen LogP contribution in [0.4, 0.5) is 5.69 Å². The fourth-order valence-corrected chi connectivity index (χ4v) is 5.37. The first-order valence-corrected chi connectivity index (χ1v) is 13.4. The molecule has 8 aromatic rings. The van der Waals surface area contributed by atoms with E-state index in [0.717, 1.165) is 49.3 Å². The van der Waals surface area contributed by atoms with Crippen LogP contribution in [0, 0.1) is 0 Å². The first-order chi connectivity index (χ1) is 20.3. The summed E-state index contributed by atoms with van der Waals surface area (Å²) in [5, 5.41) is 4.25. The van der Waals surface area contributed by atoms with Gasteiger partial charge in [0, 0.05) is 52.0 Å². The molecule has 0 atom stereocenters. The monoisotopic (exact) mass is 527 g/mol. The predicted octanol–water partition coefficient (Wildman–Crippen LogP) is 8.48. The van der Waals surface area contributed by atoms with Crippen molar-refractivity contribution in [1.82, 2.24) is 19.9 Å². The molecule has 0 aliphatic heterocycles. The molecule has 41 heavy (non-hydrogen) atoms. The smallest absolute Gasteiger partial charge is 0.0985 e. The summed E-state index contributed by atoms with van der Waals surface area (Å²) in [6.45, 7) is 0. The van der Waals surface area contributed by atoms with Crippen LogP contribution in [0.2, 0.25) is 0 Å². The van der Waals surface area contributed by atoms with Crippen molar-refractivity contribution in [3.05, 3.63) is 140 Å². The number of hydrogen-bond donors (Lipinski definition) is 1. The molecule has 194 valence electrons. The number of aromatic nitrogens is 4. The average Bonchev–Trinajstić information content (AvgIpc) is 3.05. The van der Waals surface area contributed by atoms with Crippen molar-refractivity contribution in [3.8, 4) is 22.3 Å². The first-order valence-electron chi connectivity index (χ1n) is 13.4. The number of nitrogens with two attached hydrogens (primary N) is 1. The lowest BCUT2D eigenvalue weighted by molar-refractivity contribution is 1.37. The summed E-state index contributed by atoms with van der Waals surface area (Å²) in [6, 6.07) is 39.0. The molecular formula is C36H25N5. The SMILES string of the molecule is Nc1cc2cccnc2c2ncccc12.c1ccc(-c2ccnc3c2ccc2c(-c4ccccc4)ccnc23)cc1. The molecule has 4 heterocycles. The summed E-state index contributed by atoms with van der Waals surface area (Å²) in [4.78, 5) is 18.0. The molecule has 0 aliphatic carbocycles. The van der Waals surface area contributed by atoms with E-state index in [4.69, 9.17) is 5.73 Å². The minimum atomic E-state index is 0.749. The van der Waals surface area contributed by atoms with Crippen molar-refractivity contribution in [2.24, 2.45) is 0 Å². The van der Waals surface area contributed by atoms with Gasteiger partial charge < -0.3 is 5.73 Å². The third-order valence-electron chi connectivity index (χ3n) is 7.28. The molecule has 0 spiro atoms. The molecule has 0 unspecified atom stereocenters. The predicted molar refractivity (Wildman–Crippen MR) is 169 cm³/mol.